The maximum absolute atomic E-state index is 13.1. The lowest BCUT2D eigenvalue weighted by Crippen LogP contribution is -2.25. The fourth-order valence-corrected chi connectivity index (χ4v) is 1.35. The highest BCUT2D eigenvalue weighted by molar-refractivity contribution is 5.90. The van der Waals surface area contributed by atoms with Gasteiger partial charge in [-0.1, -0.05) is 0 Å². The first-order valence-electron chi connectivity index (χ1n) is 5.93. The molecule has 0 amide bonds. The van der Waals surface area contributed by atoms with Gasteiger partial charge in [-0.2, -0.15) is 4.39 Å². The van der Waals surface area contributed by atoms with Gasteiger partial charge in [0.05, 0.1) is 22.7 Å². The van der Waals surface area contributed by atoms with Crippen LogP contribution in [0.15, 0.2) is 18.2 Å². The molecule has 0 fully saturated rings. The Hall–Kier alpha value is -2.02. The second-order valence-electron chi connectivity index (χ2n) is 4.77. The average molecular weight is 285 g/mol. The molecular formula is C13H16FNO5. The van der Waals surface area contributed by atoms with E-state index in [1.807, 2.05) is 13.8 Å². The molecule has 1 aromatic rings. The number of methoxy groups -OCH3 is 1. The summed E-state index contributed by atoms with van der Waals surface area (Å²) in [7, 11) is 1.55. The number of hydrogen-bond acceptors (Lipinski definition) is 5. The number of carbonyl (C=O) groups excluding carboxylic acids is 1. The van der Waals surface area contributed by atoms with E-state index in [-0.39, 0.29) is 12.2 Å². The van der Waals surface area contributed by atoms with Gasteiger partial charge in [-0.25, -0.2) is 4.79 Å². The molecule has 0 N–H and O–H groups in total. The first kappa shape index (κ1) is 16.0. The van der Waals surface area contributed by atoms with Crippen molar-refractivity contribution in [3.63, 3.8) is 0 Å². The lowest BCUT2D eigenvalue weighted by molar-refractivity contribution is -0.387. The molecule has 0 saturated carbocycles. The number of halogens is 1. The zero-order valence-electron chi connectivity index (χ0n) is 11.5. The molecule has 0 aliphatic heterocycles. The van der Waals surface area contributed by atoms with Crippen LogP contribution in [0.4, 0.5) is 10.1 Å². The Morgan fingerprint density at radius 1 is 1.45 bits per heavy atom. The summed E-state index contributed by atoms with van der Waals surface area (Å²) in [5.41, 5.74) is -1.25. The summed E-state index contributed by atoms with van der Waals surface area (Å²) in [4.78, 5) is 21.4. The molecule has 0 unspecified atom stereocenters. The molecular weight excluding hydrogens is 269 g/mol. The van der Waals surface area contributed by atoms with Crippen LogP contribution in [0.3, 0.4) is 0 Å². The first-order valence-corrected chi connectivity index (χ1v) is 5.93. The van der Waals surface area contributed by atoms with E-state index >= 15 is 0 Å². The predicted molar refractivity (Wildman–Crippen MR) is 69.0 cm³/mol. The van der Waals surface area contributed by atoms with Crippen LogP contribution >= 0.6 is 0 Å². The molecule has 0 aromatic heterocycles. The number of carbonyl (C=O) groups is 1. The van der Waals surface area contributed by atoms with E-state index in [0.717, 1.165) is 18.2 Å². The highest BCUT2D eigenvalue weighted by Crippen LogP contribution is 2.19. The molecule has 1 aromatic carbocycles. The Bertz CT molecular complexity index is 515. The van der Waals surface area contributed by atoms with Crippen LogP contribution in [0.25, 0.3) is 0 Å². The van der Waals surface area contributed by atoms with Gasteiger partial charge in [-0.15, -0.1) is 0 Å². The van der Waals surface area contributed by atoms with Crippen LogP contribution in [0.2, 0.25) is 0 Å². The van der Waals surface area contributed by atoms with Crippen molar-refractivity contribution in [2.24, 2.45) is 0 Å². The van der Waals surface area contributed by atoms with E-state index in [0.29, 0.717) is 6.42 Å². The third-order valence-electron chi connectivity index (χ3n) is 2.87. The molecule has 110 valence electrons. The molecule has 0 heterocycles. The zero-order chi connectivity index (χ0) is 15.3. The molecule has 20 heavy (non-hydrogen) atoms. The van der Waals surface area contributed by atoms with Crippen LogP contribution in [0.1, 0.15) is 30.6 Å². The molecule has 7 heteroatoms. The molecule has 0 saturated heterocycles. The van der Waals surface area contributed by atoms with E-state index in [9.17, 15) is 19.3 Å². The van der Waals surface area contributed by atoms with Crippen molar-refractivity contribution in [2.75, 3.05) is 13.7 Å². The Kier molecular flexibility index (Phi) is 5.15. The first-order chi connectivity index (χ1) is 9.26. The second kappa shape index (κ2) is 6.42. The fourth-order valence-electron chi connectivity index (χ4n) is 1.35. The zero-order valence-corrected chi connectivity index (χ0v) is 11.5. The smallest absolute Gasteiger partial charge is 0.338 e. The predicted octanol–water partition coefficient (Wildman–Crippen LogP) is 2.71. The third kappa shape index (κ3) is 4.27. The van der Waals surface area contributed by atoms with Crippen molar-refractivity contribution in [3.8, 4) is 0 Å². The molecule has 6 nitrogen and oxygen atoms in total. The van der Waals surface area contributed by atoms with E-state index in [1.54, 1.807) is 7.11 Å². The van der Waals surface area contributed by atoms with E-state index in [4.69, 9.17) is 9.47 Å². The SMILES string of the molecule is COC(C)(C)CCOC(=O)c1ccc(F)c([N+](=O)[O-])c1. The molecule has 0 aliphatic carbocycles. The number of nitrogens with zero attached hydrogens (tertiary/aromatic N) is 1. The van der Waals surface area contributed by atoms with Gasteiger partial charge in [0.25, 0.3) is 0 Å². The summed E-state index contributed by atoms with van der Waals surface area (Å²) in [5, 5.41) is 10.6. The summed E-state index contributed by atoms with van der Waals surface area (Å²) in [6.07, 6.45) is 0.471. The van der Waals surface area contributed by atoms with Crippen LogP contribution in [0, 0.1) is 15.9 Å². The van der Waals surface area contributed by atoms with Crippen molar-refractivity contribution in [1.29, 1.82) is 0 Å². The lowest BCUT2D eigenvalue weighted by atomic mass is 10.1. The number of esters is 1. The van der Waals surface area contributed by atoms with Gasteiger partial charge in [0.1, 0.15) is 0 Å². The second-order valence-corrected chi connectivity index (χ2v) is 4.77. The van der Waals surface area contributed by atoms with Crippen molar-refractivity contribution < 1.29 is 23.6 Å². The monoisotopic (exact) mass is 285 g/mol. The number of hydrogen-bond donors (Lipinski definition) is 0. The number of benzene rings is 1. The van der Waals surface area contributed by atoms with Gasteiger partial charge in [-0.3, -0.25) is 10.1 Å². The van der Waals surface area contributed by atoms with E-state index in [2.05, 4.69) is 0 Å². The van der Waals surface area contributed by atoms with Crippen molar-refractivity contribution in [1.82, 2.24) is 0 Å². The molecule has 1 rings (SSSR count). The number of nitro benzene ring substituents is 1. The van der Waals surface area contributed by atoms with E-state index < -0.39 is 28.0 Å². The number of rotatable bonds is 6. The minimum absolute atomic E-state index is 0.0617. The minimum atomic E-state index is -0.993. The van der Waals surface area contributed by atoms with Gasteiger partial charge in [-0.05, 0) is 26.0 Å². The molecule has 0 bridgehead atoms. The number of ether oxygens (including phenoxy) is 2. The summed E-state index contributed by atoms with van der Waals surface area (Å²) >= 11 is 0. The van der Waals surface area contributed by atoms with Crippen molar-refractivity contribution in [2.45, 2.75) is 25.9 Å². The van der Waals surface area contributed by atoms with Crippen molar-refractivity contribution in [3.05, 3.63) is 39.7 Å². The van der Waals surface area contributed by atoms with Crippen LogP contribution in [-0.4, -0.2) is 30.2 Å². The summed E-state index contributed by atoms with van der Waals surface area (Å²) in [5.74, 6) is -1.73. The normalized spacial score (nSPS) is 11.2. The Labute approximate surface area is 115 Å². The van der Waals surface area contributed by atoms with Crippen molar-refractivity contribution >= 4 is 11.7 Å². The molecule has 0 aliphatic rings. The third-order valence-corrected chi connectivity index (χ3v) is 2.87. The lowest BCUT2D eigenvalue weighted by Gasteiger charge is -2.22. The van der Waals surface area contributed by atoms with Crippen LogP contribution in [-0.2, 0) is 9.47 Å². The Balaban J connectivity index is 2.69. The highest BCUT2D eigenvalue weighted by atomic mass is 19.1. The van der Waals surface area contributed by atoms with Gasteiger partial charge in [0.15, 0.2) is 0 Å². The maximum atomic E-state index is 13.1. The molecule has 0 spiro atoms. The topological polar surface area (TPSA) is 78.7 Å². The molecule has 0 radical (unpaired) electrons. The maximum Gasteiger partial charge on any atom is 0.338 e. The average Bonchev–Trinajstić information content (AvgIpc) is 2.38. The molecule has 0 atom stereocenters. The minimum Gasteiger partial charge on any atom is -0.462 e. The quantitative estimate of drug-likeness (QED) is 0.456. The highest BCUT2D eigenvalue weighted by Gasteiger charge is 2.20. The Morgan fingerprint density at radius 3 is 2.65 bits per heavy atom. The van der Waals surface area contributed by atoms with Crippen LogP contribution in [0.5, 0.6) is 0 Å². The summed E-state index contributed by atoms with van der Waals surface area (Å²) < 4.78 is 23.3. The summed E-state index contributed by atoms with van der Waals surface area (Å²) in [6.45, 7) is 3.78. The van der Waals surface area contributed by atoms with E-state index in [1.165, 1.54) is 0 Å². The number of nitro groups is 1. The summed E-state index contributed by atoms with van der Waals surface area (Å²) in [6, 6.07) is 2.87. The standard InChI is InChI=1S/C13H16FNO5/c1-13(2,19-3)6-7-20-12(16)9-4-5-10(14)11(8-9)15(17)18/h4-5,8H,6-7H2,1-3H3. The van der Waals surface area contributed by atoms with Gasteiger partial charge >= 0.3 is 11.7 Å². The van der Waals surface area contributed by atoms with Gasteiger partial charge < -0.3 is 9.47 Å². The largest absolute Gasteiger partial charge is 0.462 e. The van der Waals surface area contributed by atoms with Crippen LogP contribution < -0.4 is 0 Å². The Morgan fingerprint density at radius 2 is 2.10 bits per heavy atom. The van der Waals surface area contributed by atoms with Gasteiger partial charge in [0.2, 0.25) is 5.82 Å². The van der Waals surface area contributed by atoms with Gasteiger partial charge in [0, 0.05) is 19.6 Å². The fraction of sp³-hybridized carbons (Fsp3) is 0.462.